The highest BCUT2D eigenvalue weighted by molar-refractivity contribution is 5.94. The van der Waals surface area contributed by atoms with Crippen molar-refractivity contribution in [1.29, 1.82) is 0 Å². The molecule has 2 heterocycles. The third-order valence-corrected chi connectivity index (χ3v) is 4.68. The molecule has 5 nitrogen and oxygen atoms in total. The molecule has 2 aromatic heterocycles. The van der Waals surface area contributed by atoms with Crippen molar-refractivity contribution < 1.29 is 9.90 Å². The maximum absolute atomic E-state index is 11.3. The van der Waals surface area contributed by atoms with Crippen LogP contribution in [0.4, 0.5) is 11.5 Å². The fourth-order valence-electron chi connectivity index (χ4n) is 3.08. The molecule has 0 unspecified atom stereocenters. The number of pyridine rings is 1. The second-order valence-corrected chi connectivity index (χ2v) is 6.25. The van der Waals surface area contributed by atoms with E-state index in [2.05, 4.69) is 47.0 Å². The summed E-state index contributed by atoms with van der Waals surface area (Å²) in [6.45, 7) is 5.48. The van der Waals surface area contributed by atoms with Gasteiger partial charge in [0.05, 0.1) is 0 Å². The highest BCUT2D eigenvalue weighted by Crippen LogP contribution is 2.25. The summed E-state index contributed by atoms with van der Waals surface area (Å²) in [5.74, 6) is 0.0406. The molecule has 3 rings (SSSR count). The van der Waals surface area contributed by atoms with Crippen molar-refractivity contribution in [3.05, 3.63) is 54.4 Å². The van der Waals surface area contributed by atoms with E-state index >= 15 is 0 Å². The minimum atomic E-state index is -0.993. The van der Waals surface area contributed by atoms with Crippen LogP contribution in [0, 0.1) is 5.92 Å². The number of nitrogens with one attached hydrogen (secondary N) is 1. The molecule has 130 valence electrons. The number of benzene rings is 1. The number of nitrogens with zero attached hydrogens (tertiary/aromatic N) is 2. The molecule has 0 spiro atoms. The molecular weight excluding hydrogens is 314 g/mol. The molecule has 0 aliphatic carbocycles. The maximum atomic E-state index is 11.3. The predicted molar refractivity (Wildman–Crippen MR) is 100 cm³/mol. The van der Waals surface area contributed by atoms with Gasteiger partial charge in [-0.2, -0.15) is 0 Å². The second-order valence-electron chi connectivity index (χ2n) is 6.25. The van der Waals surface area contributed by atoms with E-state index in [1.165, 1.54) is 18.4 Å². The van der Waals surface area contributed by atoms with Crippen molar-refractivity contribution in [3.8, 4) is 0 Å². The van der Waals surface area contributed by atoms with Crippen molar-refractivity contribution >= 4 is 28.4 Å². The summed E-state index contributed by atoms with van der Waals surface area (Å²) in [4.78, 5) is 15.4. The normalized spacial score (nSPS) is 11.2. The van der Waals surface area contributed by atoms with Crippen LogP contribution in [-0.2, 0) is 6.54 Å². The quantitative estimate of drug-likeness (QED) is 0.642. The van der Waals surface area contributed by atoms with E-state index in [1.54, 1.807) is 18.3 Å². The van der Waals surface area contributed by atoms with Crippen LogP contribution in [0.1, 0.15) is 37.0 Å². The molecule has 0 radical (unpaired) electrons. The Bertz CT molecular complexity index is 882. The van der Waals surface area contributed by atoms with Crippen LogP contribution in [-0.4, -0.2) is 20.6 Å². The van der Waals surface area contributed by atoms with Crippen molar-refractivity contribution in [2.24, 2.45) is 5.92 Å². The van der Waals surface area contributed by atoms with Gasteiger partial charge < -0.3 is 15.0 Å². The second kappa shape index (κ2) is 7.38. The molecule has 5 heteroatoms. The highest BCUT2D eigenvalue weighted by Gasteiger charge is 2.12. The summed E-state index contributed by atoms with van der Waals surface area (Å²) in [5, 5.41) is 13.5. The number of anilines is 2. The van der Waals surface area contributed by atoms with Gasteiger partial charge in [0.1, 0.15) is 11.4 Å². The lowest BCUT2D eigenvalue weighted by Gasteiger charge is -2.14. The lowest BCUT2D eigenvalue weighted by molar-refractivity contribution is 0.0697. The first-order valence-corrected chi connectivity index (χ1v) is 8.66. The zero-order valence-electron chi connectivity index (χ0n) is 14.6. The van der Waals surface area contributed by atoms with E-state index in [9.17, 15) is 9.90 Å². The van der Waals surface area contributed by atoms with E-state index in [4.69, 9.17) is 0 Å². The van der Waals surface area contributed by atoms with E-state index in [1.807, 2.05) is 12.1 Å². The van der Waals surface area contributed by atoms with Gasteiger partial charge >= 0.3 is 5.97 Å². The molecule has 1 aromatic carbocycles. The maximum Gasteiger partial charge on any atom is 0.339 e. The van der Waals surface area contributed by atoms with Gasteiger partial charge in [0.25, 0.3) is 0 Å². The van der Waals surface area contributed by atoms with Crippen LogP contribution in [0.5, 0.6) is 0 Å². The third-order valence-electron chi connectivity index (χ3n) is 4.68. The van der Waals surface area contributed by atoms with Gasteiger partial charge in [0, 0.05) is 35.5 Å². The molecule has 3 aromatic rings. The number of fused-ring (bicyclic) bond motifs is 1. The lowest BCUT2D eigenvalue weighted by atomic mass is 10.0. The first-order chi connectivity index (χ1) is 12.1. The molecule has 0 bridgehead atoms. The zero-order chi connectivity index (χ0) is 17.8. The van der Waals surface area contributed by atoms with Crippen molar-refractivity contribution in [3.63, 3.8) is 0 Å². The lowest BCUT2D eigenvalue weighted by Crippen LogP contribution is -2.08. The Morgan fingerprint density at radius 2 is 2.04 bits per heavy atom. The van der Waals surface area contributed by atoms with Gasteiger partial charge in [-0.25, -0.2) is 9.78 Å². The number of carbonyl (C=O) groups is 1. The Morgan fingerprint density at radius 3 is 2.76 bits per heavy atom. The number of hydrogen-bond acceptors (Lipinski definition) is 3. The standard InChI is InChI=1S/C20H23N3O2/c1-3-14(4-2)13-23-11-9-15-12-16(7-8-18(15)23)22-19-17(20(24)25)6-5-10-21-19/h5-12,14H,3-4,13H2,1-2H3,(H,21,22)(H,24,25). The van der Waals surface area contributed by atoms with E-state index in [-0.39, 0.29) is 5.56 Å². The first kappa shape index (κ1) is 17.0. The number of rotatable bonds is 7. The van der Waals surface area contributed by atoms with Crippen LogP contribution < -0.4 is 5.32 Å². The summed E-state index contributed by atoms with van der Waals surface area (Å²) in [6, 6.07) is 11.3. The van der Waals surface area contributed by atoms with Gasteiger partial charge in [0.15, 0.2) is 0 Å². The molecule has 25 heavy (non-hydrogen) atoms. The molecule has 2 N–H and O–H groups in total. The van der Waals surface area contributed by atoms with Crippen LogP contribution in [0.25, 0.3) is 10.9 Å². The summed E-state index contributed by atoms with van der Waals surface area (Å²) >= 11 is 0. The molecule has 0 saturated heterocycles. The fraction of sp³-hybridized carbons (Fsp3) is 0.300. The van der Waals surface area contributed by atoms with Gasteiger partial charge in [-0.1, -0.05) is 26.7 Å². The molecule has 0 fully saturated rings. The van der Waals surface area contributed by atoms with Crippen molar-refractivity contribution in [2.45, 2.75) is 33.2 Å². The van der Waals surface area contributed by atoms with Crippen LogP contribution in [0.15, 0.2) is 48.8 Å². The first-order valence-electron chi connectivity index (χ1n) is 8.66. The number of carboxylic acid groups (broad SMARTS) is 1. The van der Waals surface area contributed by atoms with Crippen molar-refractivity contribution in [1.82, 2.24) is 9.55 Å². The third kappa shape index (κ3) is 3.65. The zero-order valence-corrected chi connectivity index (χ0v) is 14.6. The highest BCUT2D eigenvalue weighted by atomic mass is 16.4. The number of aromatic nitrogens is 2. The smallest absolute Gasteiger partial charge is 0.339 e. The van der Waals surface area contributed by atoms with E-state index in [0.717, 1.165) is 17.6 Å². The van der Waals surface area contributed by atoms with Gasteiger partial charge in [0.2, 0.25) is 0 Å². The Morgan fingerprint density at radius 1 is 1.24 bits per heavy atom. The van der Waals surface area contributed by atoms with Crippen LogP contribution in [0.2, 0.25) is 0 Å². The Hall–Kier alpha value is -2.82. The average molecular weight is 337 g/mol. The van der Waals surface area contributed by atoms with Crippen molar-refractivity contribution in [2.75, 3.05) is 5.32 Å². The topological polar surface area (TPSA) is 67.2 Å². The Balaban J connectivity index is 1.87. The van der Waals surface area contributed by atoms with Crippen LogP contribution >= 0.6 is 0 Å². The van der Waals surface area contributed by atoms with Gasteiger partial charge in [-0.15, -0.1) is 0 Å². The molecule has 0 aliphatic heterocycles. The molecule has 0 aliphatic rings. The minimum Gasteiger partial charge on any atom is -0.478 e. The number of aromatic carboxylic acids is 1. The van der Waals surface area contributed by atoms with Gasteiger partial charge in [-0.05, 0) is 42.3 Å². The van der Waals surface area contributed by atoms with Gasteiger partial charge in [-0.3, -0.25) is 0 Å². The Labute approximate surface area is 147 Å². The monoisotopic (exact) mass is 337 g/mol. The summed E-state index contributed by atoms with van der Waals surface area (Å²) in [5.41, 5.74) is 2.18. The van der Waals surface area contributed by atoms with Crippen LogP contribution in [0.3, 0.4) is 0 Å². The summed E-state index contributed by atoms with van der Waals surface area (Å²) < 4.78 is 2.29. The van der Waals surface area contributed by atoms with E-state index in [0.29, 0.717) is 11.7 Å². The summed E-state index contributed by atoms with van der Waals surface area (Å²) in [7, 11) is 0. The number of hydrogen-bond donors (Lipinski definition) is 2. The fourth-order valence-corrected chi connectivity index (χ4v) is 3.08. The molecule has 0 amide bonds. The predicted octanol–water partition coefficient (Wildman–Crippen LogP) is 4.91. The Kier molecular flexibility index (Phi) is 5.03. The van der Waals surface area contributed by atoms with E-state index < -0.39 is 5.97 Å². The largest absolute Gasteiger partial charge is 0.478 e. The SMILES string of the molecule is CCC(CC)Cn1ccc2cc(Nc3ncccc3C(=O)O)ccc21. The molecular formula is C20H23N3O2. The number of carboxylic acids is 1. The molecule has 0 saturated carbocycles. The summed E-state index contributed by atoms with van der Waals surface area (Å²) in [6.07, 6.45) is 6.05. The minimum absolute atomic E-state index is 0.161. The molecule has 0 atom stereocenters. The average Bonchev–Trinajstić information content (AvgIpc) is 3.02.